The number of nitrogens with zero attached hydrogens (tertiary/aromatic N) is 2. The van der Waals surface area contributed by atoms with Crippen LogP contribution in [0, 0.1) is 0 Å². The van der Waals surface area contributed by atoms with Gasteiger partial charge in [0.1, 0.15) is 5.52 Å². The number of anilines is 1. The van der Waals surface area contributed by atoms with Crippen molar-refractivity contribution in [3.63, 3.8) is 0 Å². The summed E-state index contributed by atoms with van der Waals surface area (Å²) < 4.78 is 13.6. The molecule has 2 aromatic carbocycles. The van der Waals surface area contributed by atoms with Crippen molar-refractivity contribution in [1.82, 2.24) is 4.98 Å². The van der Waals surface area contributed by atoms with Crippen LogP contribution in [0.4, 0.5) is 6.01 Å². The first-order chi connectivity index (χ1) is 9.79. The van der Waals surface area contributed by atoms with Crippen molar-refractivity contribution < 1.29 is 5.79 Å². The molecule has 3 nitrogen and oxygen atoms in total. The fraction of sp³-hybridized carbons (Fsp3) is 0.188. The van der Waals surface area contributed by atoms with Crippen LogP contribution in [-0.4, -0.2) is 11.5 Å². The van der Waals surface area contributed by atoms with Gasteiger partial charge < -0.3 is 9.32 Å². The molecule has 19 heavy (non-hydrogen) atoms. The molecule has 1 aliphatic heterocycles. The molecule has 0 saturated carbocycles. The summed E-state index contributed by atoms with van der Waals surface area (Å²) in [5.41, 5.74) is 4.24. The average Bonchev–Trinajstić information content (AvgIpc) is 2.90. The van der Waals surface area contributed by atoms with E-state index in [-0.39, 0.29) is 0 Å². The molecule has 1 aromatic heterocycles. The van der Waals surface area contributed by atoms with E-state index in [1.807, 2.05) is 36.4 Å². The first-order valence-corrected chi connectivity index (χ1v) is 6.48. The highest BCUT2D eigenvalue weighted by Gasteiger charge is 2.19. The van der Waals surface area contributed by atoms with Crippen LogP contribution in [0.25, 0.3) is 11.1 Å². The Morgan fingerprint density at radius 3 is 3.00 bits per heavy atom. The van der Waals surface area contributed by atoms with Gasteiger partial charge in [0.05, 0.1) is 1.37 Å². The van der Waals surface area contributed by atoms with E-state index in [2.05, 4.69) is 16.0 Å². The molecular formula is C16H14N2O. The number of oxazole rings is 1. The molecule has 0 bridgehead atoms. The monoisotopic (exact) mass is 251 g/mol. The van der Waals surface area contributed by atoms with Gasteiger partial charge in [0.15, 0.2) is 5.58 Å². The summed E-state index contributed by atoms with van der Waals surface area (Å²) in [5, 5.41) is 0. The fourth-order valence-electron chi connectivity index (χ4n) is 2.59. The third kappa shape index (κ3) is 1.78. The second-order valence-corrected chi connectivity index (χ2v) is 4.83. The van der Waals surface area contributed by atoms with Gasteiger partial charge in [0, 0.05) is 13.1 Å². The normalized spacial score (nSPS) is 15.4. The van der Waals surface area contributed by atoms with Crippen LogP contribution in [0.5, 0.6) is 0 Å². The largest absolute Gasteiger partial charge is 0.423 e. The molecule has 1 aliphatic rings. The molecule has 0 fully saturated rings. The Balaban J connectivity index is 1.70. The molecule has 0 radical (unpaired) electrons. The minimum Gasteiger partial charge on any atom is -0.423 e. The molecular weight excluding hydrogens is 236 g/mol. The minimum atomic E-state index is 0.558. The van der Waals surface area contributed by atoms with Crippen molar-refractivity contribution in [2.24, 2.45) is 0 Å². The van der Waals surface area contributed by atoms with Gasteiger partial charge in [0.25, 0.3) is 6.01 Å². The quantitative estimate of drug-likeness (QED) is 0.664. The van der Waals surface area contributed by atoms with Crippen molar-refractivity contribution in [1.29, 1.82) is 0 Å². The lowest BCUT2D eigenvalue weighted by molar-refractivity contribution is 0.554. The molecule has 3 aromatic rings. The molecule has 0 spiro atoms. The van der Waals surface area contributed by atoms with Crippen LogP contribution in [0.15, 0.2) is 52.9 Å². The standard InChI is InChI=1S/C16H14N2O/c1-2-6-13-11-18(10-9-12(13)5-1)16-17-14-7-3-4-8-15(14)19-16/h1-8H,9-11H2/i2D. The summed E-state index contributed by atoms with van der Waals surface area (Å²) in [7, 11) is 0. The number of aromatic nitrogens is 1. The van der Waals surface area contributed by atoms with E-state index in [9.17, 15) is 0 Å². The lowest BCUT2D eigenvalue weighted by Gasteiger charge is -2.27. The maximum Gasteiger partial charge on any atom is 0.298 e. The topological polar surface area (TPSA) is 29.3 Å². The number of hydrogen-bond donors (Lipinski definition) is 0. The van der Waals surface area contributed by atoms with E-state index in [1.54, 1.807) is 0 Å². The number of fused-ring (bicyclic) bond motifs is 2. The van der Waals surface area contributed by atoms with E-state index >= 15 is 0 Å². The van der Waals surface area contributed by atoms with Gasteiger partial charge in [-0.25, -0.2) is 0 Å². The predicted molar refractivity (Wildman–Crippen MR) is 75.2 cm³/mol. The van der Waals surface area contributed by atoms with E-state index in [1.165, 1.54) is 11.1 Å². The van der Waals surface area contributed by atoms with Crippen LogP contribution in [0.1, 0.15) is 12.5 Å². The third-order valence-corrected chi connectivity index (χ3v) is 3.62. The average molecular weight is 251 g/mol. The first-order valence-electron chi connectivity index (χ1n) is 6.98. The summed E-state index contributed by atoms with van der Waals surface area (Å²) in [6.45, 7) is 1.66. The van der Waals surface area contributed by atoms with Gasteiger partial charge in [0.2, 0.25) is 0 Å². The zero-order valence-electron chi connectivity index (χ0n) is 11.5. The Hall–Kier alpha value is -2.29. The lowest BCUT2D eigenvalue weighted by Crippen LogP contribution is -2.30. The Kier molecular flexibility index (Phi) is 2.09. The van der Waals surface area contributed by atoms with Gasteiger partial charge in [-0.2, -0.15) is 4.98 Å². The van der Waals surface area contributed by atoms with Gasteiger partial charge >= 0.3 is 0 Å². The van der Waals surface area contributed by atoms with E-state index in [0.29, 0.717) is 12.1 Å². The van der Waals surface area contributed by atoms with Gasteiger partial charge in [-0.3, -0.25) is 0 Å². The van der Waals surface area contributed by atoms with Crippen LogP contribution < -0.4 is 4.90 Å². The predicted octanol–water partition coefficient (Wildman–Crippen LogP) is 3.39. The second kappa shape index (κ2) is 4.12. The summed E-state index contributed by atoms with van der Waals surface area (Å²) >= 11 is 0. The maximum atomic E-state index is 7.74. The molecule has 0 unspecified atom stereocenters. The molecule has 0 atom stereocenters. The highest BCUT2D eigenvalue weighted by Crippen LogP contribution is 2.26. The van der Waals surface area contributed by atoms with Crippen LogP contribution in [-0.2, 0) is 13.0 Å². The molecule has 94 valence electrons. The third-order valence-electron chi connectivity index (χ3n) is 3.62. The Labute approximate surface area is 112 Å². The van der Waals surface area contributed by atoms with E-state index in [4.69, 9.17) is 5.79 Å². The maximum absolute atomic E-state index is 7.74. The highest BCUT2D eigenvalue weighted by atomic mass is 16.4. The summed E-state index contributed by atoms with van der Waals surface area (Å²) in [6, 6.07) is 14.9. The van der Waals surface area contributed by atoms with Crippen molar-refractivity contribution in [2.75, 3.05) is 11.4 Å². The van der Waals surface area contributed by atoms with Crippen molar-refractivity contribution in [2.45, 2.75) is 13.0 Å². The van der Waals surface area contributed by atoms with Gasteiger partial charge in [-0.15, -0.1) is 0 Å². The van der Waals surface area contributed by atoms with Crippen LogP contribution >= 0.6 is 0 Å². The Morgan fingerprint density at radius 2 is 2.05 bits per heavy atom. The second-order valence-electron chi connectivity index (χ2n) is 4.83. The molecule has 0 N–H and O–H groups in total. The van der Waals surface area contributed by atoms with Gasteiger partial charge in [-0.1, -0.05) is 36.4 Å². The summed E-state index contributed by atoms with van der Waals surface area (Å²) in [4.78, 5) is 6.68. The number of hydrogen-bond acceptors (Lipinski definition) is 3. The lowest BCUT2D eigenvalue weighted by atomic mass is 10.0. The fourth-order valence-corrected chi connectivity index (χ4v) is 2.59. The van der Waals surface area contributed by atoms with E-state index < -0.39 is 0 Å². The molecule has 0 saturated heterocycles. The molecule has 0 aliphatic carbocycles. The van der Waals surface area contributed by atoms with Crippen molar-refractivity contribution in [3.05, 3.63) is 59.6 Å². The SMILES string of the molecule is [2H]c1ccc2c(c1)CN(c1nc3ccccc3o1)CC2. The Bertz CT molecular complexity index is 748. The molecule has 2 heterocycles. The van der Waals surface area contributed by atoms with Crippen LogP contribution in [0.3, 0.4) is 0 Å². The van der Waals surface area contributed by atoms with Crippen molar-refractivity contribution >= 4 is 17.1 Å². The van der Waals surface area contributed by atoms with Crippen molar-refractivity contribution in [3.8, 4) is 0 Å². The minimum absolute atomic E-state index is 0.558. The number of rotatable bonds is 1. The zero-order valence-corrected chi connectivity index (χ0v) is 10.5. The molecule has 3 heteroatoms. The smallest absolute Gasteiger partial charge is 0.298 e. The summed E-state index contributed by atoms with van der Waals surface area (Å²) in [6.07, 6.45) is 0.967. The molecule has 4 rings (SSSR count). The number of para-hydroxylation sites is 2. The highest BCUT2D eigenvalue weighted by molar-refractivity contribution is 5.74. The van der Waals surface area contributed by atoms with E-state index in [0.717, 1.165) is 30.6 Å². The van der Waals surface area contributed by atoms with Crippen LogP contribution in [0.2, 0.25) is 0 Å². The van der Waals surface area contributed by atoms with Gasteiger partial charge in [-0.05, 0) is 29.7 Å². The zero-order chi connectivity index (χ0) is 13.5. The Morgan fingerprint density at radius 1 is 1.11 bits per heavy atom. The number of benzene rings is 2. The summed E-state index contributed by atoms with van der Waals surface area (Å²) in [5.74, 6) is 0. The molecule has 0 amide bonds. The first kappa shape index (κ1) is 9.62.